The van der Waals surface area contributed by atoms with Crippen molar-refractivity contribution in [3.05, 3.63) is 34.9 Å². The van der Waals surface area contributed by atoms with Crippen LogP contribution in [0, 0.1) is 5.92 Å². The van der Waals surface area contributed by atoms with Crippen LogP contribution in [0.25, 0.3) is 0 Å². The smallest absolute Gasteiger partial charge is 0.259 e. The van der Waals surface area contributed by atoms with Crippen LogP contribution in [0.1, 0.15) is 44.6 Å². The fourth-order valence-electron chi connectivity index (χ4n) is 2.62. The van der Waals surface area contributed by atoms with E-state index in [2.05, 4.69) is 15.8 Å². The van der Waals surface area contributed by atoms with Crippen molar-refractivity contribution in [3.8, 4) is 0 Å². The largest absolute Gasteiger partial charge is 0.347 e. The minimum absolute atomic E-state index is 0.0294. The number of nitrogens with one attached hydrogen (secondary N) is 2. The molecule has 2 N–H and O–H groups in total. The molecule has 0 heterocycles. The Kier molecular flexibility index (Phi) is 6.59. The molecule has 124 valence electrons. The third kappa shape index (κ3) is 5.67. The predicted octanol–water partition coefficient (Wildman–Crippen LogP) is 2.88. The molecule has 2 amide bonds. The first-order valence-electron chi connectivity index (χ1n) is 7.93. The highest BCUT2D eigenvalue weighted by Gasteiger charge is 2.21. The summed E-state index contributed by atoms with van der Waals surface area (Å²) in [7, 11) is 0. The third-order valence-corrected chi connectivity index (χ3v) is 4.26. The first-order valence-corrected chi connectivity index (χ1v) is 8.31. The fraction of sp³-hybridized carbons (Fsp3) is 0.471. The Labute approximate surface area is 141 Å². The van der Waals surface area contributed by atoms with E-state index in [1.807, 2.05) is 12.1 Å². The van der Waals surface area contributed by atoms with Crippen molar-refractivity contribution in [1.82, 2.24) is 10.7 Å². The second kappa shape index (κ2) is 8.67. The first kappa shape index (κ1) is 17.5. The van der Waals surface area contributed by atoms with E-state index in [-0.39, 0.29) is 24.3 Å². The predicted molar refractivity (Wildman–Crippen MR) is 91.4 cm³/mol. The molecule has 1 aromatic carbocycles. The van der Waals surface area contributed by atoms with Crippen molar-refractivity contribution in [2.75, 3.05) is 6.54 Å². The first-order chi connectivity index (χ1) is 11.1. The second-order valence-corrected chi connectivity index (χ2v) is 6.23. The number of rotatable bonds is 5. The van der Waals surface area contributed by atoms with E-state index in [9.17, 15) is 9.59 Å². The zero-order valence-corrected chi connectivity index (χ0v) is 14.0. The molecule has 0 aliphatic heterocycles. The molecular formula is C17H22ClN3O2. The molecule has 0 radical (unpaired) electrons. The maximum atomic E-state index is 12.0. The van der Waals surface area contributed by atoms with Crippen LogP contribution in [0.3, 0.4) is 0 Å². The highest BCUT2D eigenvalue weighted by molar-refractivity contribution is 6.30. The Bertz CT molecular complexity index is 578. The Hall–Kier alpha value is -1.88. The van der Waals surface area contributed by atoms with Gasteiger partial charge in [0, 0.05) is 10.9 Å². The van der Waals surface area contributed by atoms with Crippen LogP contribution >= 0.6 is 11.6 Å². The molecule has 0 aromatic heterocycles. The summed E-state index contributed by atoms with van der Waals surface area (Å²) in [5.74, 6) is -0.309. The van der Waals surface area contributed by atoms with Gasteiger partial charge in [0.2, 0.25) is 5.91 Å². The van der Waals surface area contributed by atoms with Gasteiger partial charge in [0.15, 0.2) is 0 Å². The van der Waals surface area contributed by atoms with Crippen LogP contribution < -0.4 is 10.7 Å². The van der Waals surface area contributed by atoms with Gasteiger partial charge in [-0.25, -0.2) is 5.43 Å². The van der Waals surface area contributed by atoms with Gasteiger partial charge in [0.25, 0.3) is 5.91 Å². The molecule has 0 bridgehead atoms. The molecule has 6 heteroatoms. The molecule has 0 unspecified atom stereocenters. The number of hydrogen-bond acceptors (Lipinski definition) is 3. The van der Waals surface area contributed by atoms with Gasteiger partial charge in [0.1, 0.15) is 0 Å². The van der Waals surface area contributed by atoms with Gasteiger partial charge in [0.05, 0.1) is 12.3 Å². The number of amides is 2. The van der Waals surface area contributed by atoms with E-state index in [1.165, 1.54) is 6.42 Å². The minimum atomic E-state index is -0.331. The Balaban J connectivity index is 1.76. The standard InChI is InChI=1S/C17H22ClN3O2/c1-12(13-7-9-15(18)10-8-13)20-21-16(22)11-19-17(23)14-5-3-2-4-6-14/h7-10,14H,2-6,11H2,1H3,(H,19,23)(H,21,22)/b20-12+. The summed E-state index contributed by atoms with van der Waals surface area (Å²) in [6, 6.07) is 7.20. The monoisotopic (exact) mass is 335 g/mol. The number of carbonyl (C=O) groups is 2. The molecule has 0 spiro atoms. The molecular weight excluding hydrogens is 314 g/mol. The highest BCUT2D eigenvalue weighted by Crippen LogP contribution is 2.23. The van der Waals surface area contributed by atoms with E-state index < -0.39 is 0 Å². The van der Waals surface area contributed by atoms with Crippen LogP contribution in [0.15, 0.2) is 29.4 Å². The number of halogens is 1. The quantitative estimate of drug-likeness (QED) is 0.641. The summed E-state index contributed by atoms with van der Waals surface area (Å²) < 4.78 is 0. The summed E-state index contributed by atoms with van der Waals surface area (Å²) in [4.78, 5) is 23.7. The van der Waals surface area contributed by atoms with Gasteiger partial charge in [-0.2, -0.15) is 5.10 Å². The summed E-state index contributed by atoms with van der Waals surface area (Å²) in [6.07, 6.45) is 5.22. The third-order valence-electron chi connectivity index (χ3n) is 4.01. The molecule has 2 rings (SSSR count). The van der Waals surface area contributed by atoms with Crippen molar-refractivity contribution in [1.29, 1.82) is 0 Å². The van der Waals surface area contributed by atoms with E-state index in [1.54, 1.807) is 19.1 Å². The lowest BCUT2D eigenvalue weighted by molar-refractivity contribution is -0.129. The molecule has 1 aliphatic carbocycles. The Morgan fingerprint density at radius 1 is 1.17 bits per heavy atom. The lowest BCUT2D eigenvalue weighted by Crippen LogP contribution is -2.39. The van der Waals surface area contributed by atoms with E-state index in [0.717, 1.165) is 31.2 Å². The van der Waals surface area contributed by atoms with Crippen molar-refractivity contribution in [2.45, 2.75) is 39.0 Å². The van der Waals surface area contributed by atoms with E-state index in [4.69, 9.17) is 11.6 Å². The molecule has 23 heavy (non-hydrogen) atoms. The summed E-state index contributed by atoms with van der Waals surface area (Å²) in [5.41, 5.74) is 4.01. The van der Waals surface area contributed by atoms with Crippen LogP contribution in [-0.2, 0) is 9.59 Å². The van der Waals surface area contributed by atoms with Gasteiger partial charge < -0.3 is 5.32 Å². The van der Waals surface area contributed by atoms with Gasteiger partial charge in [-0.15, -0.1) is 0 Å². The van der Waals surface area contributed by atoms with Crippen LogP contribution in [0.2, 0.25) is 5.02 Å². The summed E-state index contributed by atoms with van der Waals surface area (Å²) in [5, 5.41) is 7.37. The van der Waals surface area contributed by atoms with Crippen molar-refractivity contribution >= 4 is 29.1 Å². The Morgan fingerprint density at radius 2 is 1.83 bits per heavy atom. The van der Waals surface area contributed by atoms with Crippen molar-refractivity contribution < 1.29 is 9.59 Å². The number of carbonyl (C=O) groups excluding carboxylic acids is 2. The van der Waals surface area contributed by atoms with Gasteiger partial charge in [-0.05, 0) is 37.5 Å². The topological polar surface area (TPSA) is 70.6 Å². The lowest BCUT2D eigenvalue weighted by Gasteiger charge is -2.20. The number of benzene rings is 1. The zero-order valence-electron chi connectivity index (χ0n) is 13.3. The second-order valence-electron chi connectivity index (χ2n) is 5.79. The van der Waals surface area contributed by atoms with Gasteiger partial charge in [-0.3, -0.25) is 9.59 Å². The van der Waals surface area contributed by atoms with Crippen LogP contribution in [0.5, 0.6) is 0 Å². The van der Waals surface area contributed by atoms with Crippen LogP contribution in [-0.4, -0.2) is 24.1 Å². The van der Waals surface area contributed by atoms with Crippen molar-refractivity contribution in [3.63, 3.8) is 0 Å². The molecule has 1 aliphatic rings. The van der Waals surface area contributed by atoms with Crippen molar-refractivity contribution in [2.24, 2.45) is 11.0 Å². The normalized spacial score (nSPS) is 16.0. The number of nitrogens with zero attached hydrogens (tertiary/aromatic N) is 1. The summed E-state index contributed by atoms with van der Waals surface area (Å²) in [6.45, 7) is 1.75. The zero-order chi connectivity index (χ0) is 16.7. The molecule has 0 atom stereocenters. The summed E-state index contributed by atoms with van der Waals surface area (Å²) >= 11 is 5.83. The van der Waals surface area contributed by atoms with E-state index >= 15 is 0 Å². The average molecular weight is 336 g/mol. The molecule has 1 aromatic rings. The maximum absolute atomic E-state index is 12.0. The molecule has 5 nitrogen and oxygen atoms in total. The highest BCUT2D eigenvalue weighted by atomic mass is 35.5. The van der Waals surface area contributed by atoms with Crippen LogP contribution in [0.4, 0.5) is 0 Å². The number of hydrogen-bond donors (Lipinski definition) is 2. The molecule has 0 saturated heterocycles. The molecule has 1 fully saturated rings. The van der Waals surface area contributed by atoms with E-state index in [0.29, 0.717) is 10.7 Å². The van der Waals surface area contributed by atoms with Gasteiger partial charge >= 0.3 is 0 Å². The Morgan fingerprint density at radius 3 is 2.48 bits per heavy atom. The maximum Gasteiger partial charge on any atom is 0.259 e. The molecule has 1 saturated carbocycles. The minimum Gasteiger partial charge on any atom is -0.347 e. The number of hydrazone groups is 1. The van der Waals surface area contributed by atoms with Gasteiger partial charge in [-0.1, -0.05) is 43.0 Å². The SMILES string of the molecule is C/C(=N\NC(=O)CNC(=O)C1CCCCC1)c1ccc(Cl)cc1. The average Bonchev–Trinajstić information content (AvgIpc) is 2.59. The lowest BCUT2D eigenvalue weighted by atomic mass is 9.89. The fourth-order valence-corrected chi connectivity index (χ4v) is 2.74.